The van der Waals surface area contributed by atoms with E-state index in [0.29, 0.717) is 16.7 Å². The summed E-state index contributed by atoms with van der Waals surface area (Å²) in [5.74, 6) is 0.155. The number of benzene rings is 1. The number of halogens is 1. The normalized spacial score (nSPS) is 10.6. The van der Waals surface area contributed by atoms with Gasteiger partial charge in [-0.05, 0) is 40.5 Å². The van der Waals surface area contributed by atoms with E-state index >= 15 is 0 Å². The Labute approximate surface area is 113 Å². The van der Waals surface area contributed by atoms with Gasteiger partial charge in [0.1, 0.15) is 5.75 Å². The first-order valence-corrected chi connectivity index (χ1v) is 6.48. The molecule has 1 N–H and O–H groups in total. The highest BCUT2D eigenvalue weighted by Crippen LogP contribution is 2.28. The fourth-order valence-corrected chi connectivity index (χ4v) is 1.89. The third kappa shape index (κ3) is 2.61. The van der Waals surface area contributed by atoms with Crippen LogP contribution in [0.15, 0.2) is 39.6 Å². The number of aromatic hydroxyl groups is 1. The van der Waals surface area contributed by atoms with Crippen molar-refractivity contribution in [2.24, 2.45) is 0 Å². The molecule has 0 atom stereocenters. The van der Waals surface area contributed by atoms with Crippen molar-refractivity contribution in [2.45, 2.75) is 19.9 Å². The number of phenolic OH excluding ortho intramolecular Hbond substituents is 1. The summed E-state index contributed by atoms with van der Waals surface area (Å²) >= 11 is 3.23. The predicted molar refractivity (Wildman–Crippen MR) is 73.6 cm³/mol. The number of nitrogens with zero attached hydrogens (tertiary/aromatic N) is 2. The van der Waals surface area contributed by atoms with Gasteiger partial charge in [0.2, 0.25) is 0 Å². The molecule has 1 heterocycles. The second kappa shape index (κ2) is 5.35. The number of aromatic nitrogens is 2. The van der Waals surface area contributed by atoms with Crippen molar-refractivity contribution < 1.29 is 5.11 Å². The highest BCUT2D eigenvalue weighted by molar-refractivity contribution is 9.10. The topological polar surface area (TPSA) is 55.1 Å². The van der Waals surface area contributed by atoms with E-state index in [0.717, 1.165) is 12.0 Å². The number of phenols is 1. The van der Waals surface area contributed by atoms with Crippen LogP contribution in [-0.4, -0.2) is 14.9 Å². The van der Waals surface area contributed by atoms with E-state index in [-0.39, 0.29) is 11.3 Å². The van der Waals surface area contributed by atoms with Crippen LogP contribution in [-0.2, 0) is 6.54 Å². The molecule has 5 heteroatoms. The van der Waals surface area contributed by atoms with Crippen LogP contribution in [0.25, 0.3) is 11.3 Å². The SMILES string of the molecule is CCCn1nc(-c2ccc(Br)c(O)c2)ccc1=O. The predicted octanol–water partition coefficient (Wildman–Crippen LogP) is 2.79. The molecule has 0 fully saturated rings. The molecule has 18 heavy (non-hydrogen) atoms. The van der Waals surface area contributed by atoms with Gasteiger partial charge < -0.3 is 5.11 Å². The molecule has 1 aromatic carbocycles. The molecule has 0 aliphatic rings. The Balaban J connectivity index is 2.47. The Kier molecular flexibility index (Phi) is 3.81. The summed E-state index contributed by atoms with van der Waals surface area (Å²) in [6, 6.07) is 8.37. The maximum absolute atomic E-state index is 11.6. The molecule has 0 saturated heterocycles. The third-order valence-electron chi connectivity index (χ3n) is 2.54. The molecule has 2 rings (SSSR count). The van der Waals surface area contributed by atoms with Crippen LogP contribution < -0.4 is 5.56 Å². The van der Waals surface area contributed by atoms with Crippen LogP contribution in [0, 0.1) is 0 Å². The Hall–Kier alpha value is -1.62. The molecule has 0 amide bonds. The molecule has 2 aromatic rings. The lowest BCUT2D eigenvalue weighted by Gasteiger charge is -2.06. The summed E-state index contributed by atoms with van der Waals surface area (Å²) in [7, 11) is 0. The molecule has 0 aliphatic heterocycles. The first kappa shape index (κ1) is 12.8. The zero-order chi connectivity index (χ0) is 13.1. The van der Waals surface area contributed by atoms with Crippen molar-refractivity contribution in [3.05, 3.63) is 45.2 Å². The number of hydrogen-bond acceptors (Lipinski definition) is 3. The minimum Gasteiger partial charge on any atom is -0.507 e. The van der Waals surface area contributed by atoms with Gasteiger partial charge >= 0.3 is 0 Å². The van der Waals surface area contributed by atoms with Crippen molar-refractivity contribution in [3.63, 3.8) is 0 Å². The summed E-state index contributed by atoms with van der Waals surface area (Å²) in [6.07, 6.45) is 0.849. The standard InChI is InChI=1S/C13H13BrN2O2/c1-2-7-16-13(18)6-5-11(15-16)9-3-4-10(14)12(17)8-9/h3-6,8,17H,2,7H2,1H3. The largest absolute Gasteiger partial charge is 0.507 e. The monoisotopic (exact) mass is 308 g/mol. The molecule has 0 saturated carbocycles. The second-order valence-corrected chi connectivity index (χ2v) is 4.80. The Morgan fingerprint density at radius 1 is 1.33 bits per heavy atom. The van der Waals surface area contributed by atoms with Crippen LogP contribution in [0.3, 0.4) is 0 Å². The van der Waals surface area contributed by atoms with Gasteiger partial charge in [-0.1, -0.05) is 13.0 Å². The lowest BCUT2D eigenvalue weighted by atomic mass is 10.1. The molecular formula is C13H13BrN2O2. The lowest BCUT2D eigenvalue weighted by molar-refractivity contribution is 0.472. The average Bonchev–Trinajstić information content (AvgIpc) is 2.36. The van der Waals surface area contributed by atoms with Gasteiger partial charge in [0.05, 0.1) is 10.2 Å². The Morgan fingerprint density at radius 3 is 2.78 bits per heavy atom. The number of hydrogen-bond donors (Lipinski definition) is 1. The fourth-order valence-electron chi connectivity index (χ4n) is 1.65. The zero-order valence-corrected chi connectivity index (χ0v) is 11.5. The Morgan fingerprint density at radius 2 is 2.11 bits per heavy atom. The fraction of sp³-hybridized carbons (Fsp3) is 0.231. The summed E-state index contributed by atoms with van der Waals surface area (Å²) in [4.78, 5) is 11.6. The van der Waals surface area contributed by atoms with Gasteiger partial charge in [-0.2, -0.15) is 5.10 Å². The lowest BCUT2D eigenvalue weighted by Crippen LogP contribution is -2.21. The molecule has 0 spiro atoms. The number of aryl methyl sites for hydroxylation is 1. The maximum atomic E-state index is 11.6. The van der Waals surface area contributed by atoms with E-state index in [2.05, 4.69) is 21.0 Å². The van der Waals surface area contributed by atoms with E-state index in [1.54, 1.807) is 18.2 Å². The Bertz CT molecular complexity index is 623. The first-order chi connectivity index (χ1) is 8.61. The average molecular weight is 309 g/mol. The van der Waals surface area contributed by atoms with E-state index in [1.165, 1.54) is 10.7 Å². The summed E-state index contributed by atoms with van der Waals surface area (Å²) in [5.41, 5.74) is 1.34. The van der Waals surface area contributed by atoms with Gasteiger partial charge in [0.15, 0.2) is 0 Å². The minimum absolute atomic E-state index is 0.109. The number of rotatable bonds is 3. The quantitative estimate of drug-likeness (QED) is 0.948. The van der Waals surface area contributed by atoms with E-state index in [4.69, 9.17) is 0 Å². The zero-order valence-electron chi connectivity index (χ0n) is 9.93. The molecule has 0 bridgehead atoms. The molecule has 0 radical (unpaired) electrons. The smallest absolute Gasteiger partial charge is 0.266 e. The second-order valence-electron chi connectivity index (χ2n) is 3.95. The van der Waals surface area contributed by atoms with Crippen LogP contribution in [0.4, 0.5) is 0 Å². The third-order valence-corrected chi connectivity index (χ3v) is 3.21. The van der Waals surface area contributed by atoms with Gasteiger partial charge in [-0.25, -0.2) is 4.68 Å². The molecule has 94 valence electrons. The molecule has 0 aliphatic carbocycles. The molecule has 1 aromatic heterocycles. The van der Waals surface area contributed by atoms with Gasteiger partial charge in [0, 0.05) is 18.2 Å². The van der Waals surface area contributed by atoms with Crippen molar-refractivity contribution >= 4 is 15.9 Å². The van der Waals surface area contributed by atoms with Crippen molar-refractivity contribution in [1.82, 2.24) is 9.78 Å². The summed E-state index contributed by atoms with van der Waals surface area (Å²) < 4.78 is 2.07. The minimum atomic E-state index is -0.109. The highest BCUT2D eigenvalue weighted by Gasteiger charge is 2.05. The summed E-state index contributed by atoms with van der Waals surface area (Å²) in [5, 5.41) is 13.9. The van der Waals surface area contributed by atoms with Crippen molar-refractivity contribution in [1.29, 1.82) is 0 Å². The van der Waals surface area contributed by atoms with E-state index < -0.39 is 0 Å². The summed E-state index contributed by atoms with van der Waals surface area (Å²) in [6.45, 7) is 2.58. The van der Waals surface area contributed by atoms with Crippen LogP contribution >= 0.6 is 15.9 Å². The van der Waals surface area contributed by atoms with Crippen LogP contribution in [0.2, 0.25) is 0 Å². The van der Waals surface area contributed by atoms with Gasteiger partial charge in [-0.15, -0.1) is 0 Å². The van der Waals surface area contributed by atoms with Crippen molar-refractivity contribution in [2.75, 3.05) is 0 Å². The van der Waals surface area contributed by atoms with Gasteiger partial charge in [-0.3, -0.25) is 4.79 Å². The molecule has 4 nitrogen and oxygen atoms in total. The molecule has 0 unspecified atom stereocenters. The maximum Gasteiger partial charge on any atom is 0.266 e. The van der Waals surface area contributed by atoms with Crippen LogP contribution in [0.5, 0.6) is 5.75 Å². The van der Waals surface area contributed by atoms with Crippen LogP contribution in [0.1, 0.15) is 13.3 Å². The van der Waals surface area contributed by atoms with E-state index in [1.807, 2.05) is 13.0 Å². The highest BCUT2D eigenvalue weighted by atomic mass is 79.9. The molecular weight excluding hydrogens is 296 g/mol. The van der Waals surface area contributed by atoms with Gasteiger partial charge in [0.25, 0.3) is 5.56 Å². The first-order valence-electron chi connectivity index (χ1n) is 5.69. The van der Waals surface area contributed by atoms with Crippen molar-refractivity contribution in [3.8, 4) is 17.0 Å². The van der Waals surface area contributed by atoms with E-state index in [9.17, 15) is 9.90 Å².